The van der Waals surface area contributed by atoms with Crippen LogP contribution < -0.4 is 10.2 Å². The molecule has 2 aromatic rings. The average Bonchev–Trinajstić information content (AvgIpc) is 3.03. The smallest absolute Gasteiger partial charge is 0.195 e. The third-order valence-electron chi connectivity index (χ3n) is 4.00. The summed E-state index contributed by atoms with van der Waals surface area (Å²) in [5.41, 5.74) is 1.27. The van der Waals surface area contributed by atoms with Gasteiger partial charge in [-0.2, -0.15) is 0 Å². The number of fused-ring (bicyclic) bond motifs is 1. The number of methoxy groups -OCH3 is 1. The zero-order chi connectivity index (χ0) is 13.9. The molecular weight excluding hydrogens is 272 g/mol. The predicted molar refractivity (Wildman–Crippen MR) is 82.6 cm³/mol. The highest BCUT2D eigenvalue weighted by molar-refractivity contribution is 7.15. The van der Waals surface area contributed by atoms with Crippen molar-refractivity contribution in [2.45, 2.75) is 19.4 Å². The Morgan fingerprint density at radius 3 is 2.95 bits per heavy atom. The van der Waals surface area contributed by atoms with Gasteiger partial charge < -0.3 is 15.0 Å². The summed E-state index contributed by atoms with van der Waals surface area (Å²) < 4.78 is 7.48. The number of thiazole rings is 1. The van der Waals surface area contributed by atoms with Gasteiger partial charge in [-0.25, -0.2) is 4.98 Å². The lowest BCUT2D eigenvalue weighted by atomic mass is 9.98. The van der Waals surface area contributed by atoms with Crippen molar-refractivity contribution < 1.29 is 4.74 Å². The lowest BCUT2D eigenvalue weighted by Crippen LogP contribution is -2.36. The SMILES string of the molecule is CNCc1c(N2CCC(COC)CC2)nc2sccn12. The number of aromatic nitrogens is 2. The molecule has 5 nitrogen and oxygen atoms in total. The van der Waals surface area contributed by atoms with Gasteiger partial charge in [0.15, 0.2) is 10.8 Å². The summed E-state index contributed by atoms with van der Waals surface area (Å²) >= 11 is 1.70. The van der Waals surface area contributed by atoms with Gasteiger partial charge >= 0.3 is 0 Å². The van der Waals surface area contributed by atoms with E-state index in [1.807, 2.05) is 7.05 Å². The molecule has 1 fully saturated rings. The molecule has 0 spiro atoms. The summed E-state index contributed by atoms with van der Waals surface area (Å²) in [7, 11) is 3.78. The van der Waals surface area contributed by atoms with Gasteiger partial charge in [0.25, 0.3) is 0 Å². The van der Waals surface area contributed by atoms with E-state index in [0.717, 1.165) is 37.0 Å². The van der Waals surface area contributed by atoms with E-state index >= 15 is 0 Å². The Bertz CT molecular complexity index is 557. The van der Waals surface area contributed by atoms with Gasteiger partial charge in [-0.05, 0) is 25.8 Å². The van der Waals surface area contributed by atoms with E-state index in [4.69, 9.17) is 9.72 Å². The summed E-state index contributed by atoms with van der Waals surface area (Å²) in [6.07, 6.45) is 4.50. The number of hydrogen-bond acceptors (Lipinski definition) is 5. The maximum absolute atomic E-state index is 5.27. The fraction of sp³-hybridized carbons (Fsp3) is 0.643. The molecule has 1 saturated heterocycles. The van der Waals surface area contributed by atoms with Crippen LogP contribution in [-0.2, 0) is 11.3 Å². The van der Waals surface area contributed by atoms with Crippen LogP contribution in [0.5, 0.6) is 0 Å². The molecule has 0 bridgehead atoms. The lowest BCUT2D eigenvalue weighted by Gasteiger charge is -2.32. The summed E-state index contributed by atoms with van der Waals surface area (Å²) in [5, 5.41) is 5.35. The molecule has 3 heterocycles. The minimum Gasteiger partial charge on any atom is -0.384 e. The van der Waals surface area contributed by atoms with Crippen LogP contribution in [0.25, 0.3) is 4.96 Å². The van der Waals surface area contributed by atoms with E-state index in [1.54, 1.807) is 18.4 Å². The number of nitrogens with zero attached hydrogens (tertiary/aromatic N) is 3. The second-order valence-corrected chi connectivity index (χ2v) is 6.23. The lowest BCUT2D eigenvalue weighted by molar-refractivity contribution is 0.139. The molecule has 0 radical (unpaired) electrons. The first kappa shape index (κ1) is 13.9. The Labute approximate surface area is 123 Å². The molecule has 2 aromatic heterocycles. The zero-order valence-corrected chi connectivity index (χ0v) is 12.9. The van der Waals surface area contributed by atoms with Gasteiger partial charge in [-0.15, -0.1) is 11.3 Å². The predicted octanol–water partition coefficient (Wildman–Crippen LogP) is 1.98. The van der Waals surface area contributed by atoms with Gasteiger partial charge in [0.05, 0.1) is 5.69 Å². The van der Waals surface area contributed by atoms with Crippen molar-refractivity contribution in [2.75, 3.05) is 38.8 Å². The molecule has 0 unspecified atom stereocenters. The average molecular weight is 294 g/mol. The molecule has 0 amide bonds. The van der Waals surface area contributed by atoms with Gasteiger partial charge in [-0.3, -0.25) is 4.40 Å². The van der Waals surface area contributed by atoms with E-state index in [9.17, 15) is 0 Å². The summed E-state index contributed by atoms with van der Waals surface area (Å²) in [6, 6.07) is 0. The first-order valence-electron chi connectivity index (χ1n) is 7.16. The molecule has 1 N–H and O–H groups in total. The van der Waals surface area contributed by atoms with Gasteiger partial charge in [-0.1, -0.05) is 0 Å². The number of hydrogen-bond donors (Lipinski definition) is 1. The van der Waals surface area contributed by atoms with Crippen LogP contribution in [-0.4, -0.2) is 43.2 Å². The first-order chi connectivity index (χ1) is 9.83. The Kier molecular flexibility index (Phi) is 4.24. The van der Waals surface area contributed by atoms with Crippen molar-refractivity contribution in [3.8, 4) is 0 Å². The van der Waals surface area contributed by atoms with E-state index in [2.05, 4.69) is 26.2 Å². The van der Waals surface area contributed by atoms with E-state index in [1.165, 1.54) is 18.5 Å². The number of anilines is 1. The van der Waals surface area contributed by atoms with Crippen LogP contribution >= 0.6 is 11.3 Å². The first-order valence-corrected chi connectivity index (χ1v) is 8.04. The number of imidazole rings is 1. The van der Waals surface area contributed by atoms with E-state index < -0.39 is 0 Å². The van der Waals surface area contributed by atoms with Crippen molar-refractivity contribution in [1.29, 1.82) is 0 Å². The number of rotatable bonds is 5. The molecule has 6 heteroatoms. The van der Waals surface area contributed by atoms with Crippen LogP contribution in [0.3, 0.4) is 0 Å². The van der Waals surface area contributed by atoms with E-state index in [-0.39, 0.29) is 0 Å². The molecular formula is C14H22N4OS. The van der Waals surface area contributed by atoms with Gasteiger partial charge in [0.2, 0.25) is 0 Å². The molecule has 20 heavy (non-hydrogen) atoms. The molecule has 1 aliphatic rings. The minimum absolute atomic E-state index is 0.702. The Morgan fingerprint density at radius 1 is 1.45 bits per heavy atom. The van der Waals surface area contributed by atoms with Crippen molar-refractivity contribution in [3.63, 3.8) is 0 Å². The highest BCUT2D eigenvalue weighted by Gasteiger charge is 2.24. The van der Waals surface area contributed by atoms with Crippen LogP contribution in [0.1, 0.15) is 18.5 Å². The quantitative estimate of drug-likeness (QED) is 0.915. The summed E-state index contributed by atoms with van der Waals surface area (Å²) in [5.74, 6) is 1.86. The molecule has 0 aliphatic carbocycles. The standard InChI is InChI=1S/C14H22N4OS/c1-15-9-12-13(16-14-18(12)7-8-20-14)17-5-3-11(4-6-17)10-19-2/h7-8,11,15H,3-6,9-10H2,1-2H3. The van der Waals surface area contributed by atoms with Crippen LogP contribution in [0.15, 0.2) is 11.6 Å². The Balaban J connectivity index is 1.80. The number of ether oxygens (including phenoxy) is 1. The van der Waals surface area contributed by atoms with Crippen molar-refractivity contribution in [3.05, 3.63) is 17.3 Å². The third-order valence-corrected chi connectivity index (χ3v) is 4.76. The summed E-state index contributed by atoms with van der Waals surface area (Å²) in [6.45, 7) is 3.89. The minimum atomic E-state index is 0.702. The maximum Gasteiger partial charge on any atom is 0.195 e. The van der Waals surface area contributed by atoms with Crippen molar-refractivity contribution >= 4 is 22.1 Å². The topological polar surface area (TPSA) is 41.8 Å². The van der Waals surface area contributed by atoms with Gasteiger partial charge in [0.1, 0.15) is 0 Å². The molecule has 0 aromatic carbocycles. The second-order valence-electron chi connectivity index (χ2n) is 5.35. The van der Waals surface area contributed by atoms with Crippen LogP contribution in [0.2, 0.25) is 0 Å². The second kappa shape index (κ2) is 6.11. The molecule has 0 atom stereocenters. The van der Waals surface area contributed by atoms with E-state index in [0.29, 0.717) is 5.92 Å². The fourth-order valence-corrected chi connectivity index (χ4v) is 3.68. The maximum atomic E-state index is 5.27. The fourth-order valence-electron chi connectivity index (χ4n) is 2.95. The molecule has 0 saturated carbocycles. The zero-order valence-electron chi connectivity index (χ0n) is 12.1. The summed E-state index contributed by atoms with van der Waals surface area (Å²) in [4.78, 5) is 8.34. The monoisotopic (exact) mass is 294 g/mol. The van der Waals surface area contributed by atoms with Gasteiger partial charge in [0, 0.05) is 44.9 Å². The molecule has 110 valence electrons. The third kappa shape index (κ3) is 2.55. The highest BCUT2D eigenvalue weighted by Crippen LogP contribution is 2.28. The van der Waals surface area contributed by atoms with Crippen molar-refractivity contribution in [1.82, 2.24) is 14.7 Å². The number of piperidine rings is 1. The normalized spacial score (nSPS) is 17.2. The molecule has 3 rings (SSSR count). The highest BCUT2D eigenvalue weighted by atomic mass is 32.1. The largest absolute Gasteiger partial charge is 0.384 e. The molecule has 1 aliphatic heterocycles. The number of nitrogens with one attached hydrogen (secondary N) is 1. The van der Waals surface area contributed by atoms with Crippen LogP contribution in [0.4, 0.5) is 5.82 Å². The van der Waals surface area contributed by atoms with Crippen molar-refractivity contribution in [2.24, 2.45) is 5.92 Å². The Morgan fingerprint density at radius 2 is 2.25 bits per heavy atom. The Hall–Kier alpha value is -1.11. The van der Waals surface area contributed by atoms with Crippen LogP contribution in [0, 0.1) is 5.92 Å².